The van der Waals surface area contributed by atoms with Crippen LogP contribution in [0.3, 0.4) is 0 Å². The van der Waals surface area contributed by atoms with E-state index in [1.54, 1.807) is 11.5 Å². The first-order valence-corrected chi connectivity index (χ1v) is 5.62. The van der Waals surface area contributed by atoms with Crippen LogP contribution in [0.4, 0.5) is 0 Å². The molecule has 0 amide bonds. The quantitative estimate of drug-likeness (QED) is 0.528. The van der Waals surface area contributed by atoms with Crippen LogP contribution in [0.2, 0.25) is 0 Å². The second kappa shape index (κ2) is 5.55. The van der Waals surface area contributed by atoms with E-state index < -0.39 is 0 Å². The van der Waals surface area contributed by atoms with E-state index in [4.69, 9.17) is 11.6 Å². The number of aryl methyl sites for hydroxylation is 2. The molecule has 0 saturated carbocycles. The van der Waals surface area contributed by atoms with E-state index in [1.807, 2.05) is 6.92 Å². The van der Waals surface area contributed by atoms with Gasteiger partial charge < -0.3 is 0 Å². The van der Waals surface area contributed by atoms with Crippen LogP contribution in [0.15, 0.2) is 6.07 Å². The summed E-state index contributed by atoms with van der Waals surface area (Å²) in [6, 6.07) is 2.17. The maximum absolute atomic E-state index is 5.58. The molecule has 0 aliphatic rings. The molecule has 1 aromatic rings. The average molecular weight is 204 g/mol. The van der Waals surface area contributed by atoms with Crippen molar-refractivity contribution in [3.05, 3.63) is 16.6 Å². The normalized spacial score (nSPS) is 10.5. The number of hydrogen-bond donors (Lipinski definition) is 0. The number of halogens is 1. The molecule has 1 heterocycles. The summed E-state index contributed by atoms with van der Waals surface area (Å²) in [7, 11) is 0. The monoisotopic (exact) mass is 203 g/mol. The molecule has 0 aliphatic heterocycles. The van der Waals surface area contributed by atoms with E-state index in [2.05, 4.69) is 10.4 Å². The topological polar surface area (TPSA) is 12.9 Å². The molecule has 12 heavy (non-hydrogen) atoms. The van der Waals surface area contributed by atoms with E-state index in [9.17, 15) is 0 Å². The lowest BCUT2D eigenvalue weighted by Crippen LogP contribution is -1.82. The number of hydrogen-bond acceptors (Lipinski definition) is 2. The molecule has 0 fully saturated rings. The van der Waals surface area contributed by atoms with Gasteiger partial charge >= 0.3 is 0 Å². The first-order valence-electron chi connectivity index (χ1n) is 4.31. The molecule has 3 heteroatoms. The highest BCUT2D eigenvalue weighted by Gasteiger charge is 1.97. The van der Waals surface area contributed by atoms with Gasteiger partial charge in [0.15, 0.2) is 0 Å². The highest BCUT2D eigenvalue weighted by atomic mass is 35.5. The van der Waals surface area contributed by atoms with E-state index in [1.165, 1.54) is 24.1 Å². The Morgan fingerprint density at radius 3 is 2.83 bits per heavy atom. The summed E-state index contributed by atoms with van der Waals surface area (Å²) < 4.78 is 4.23. The summed E-state index contributed by atoms with van der Waals surface area (Å²) in [5.74, 6) is 0.793. The van der Waals surface area contributed by atoms with Gasteiger partial charge in [-0.25, -0.2) is 0 Å². The van der Waals surface area contributed by atoms with E-state index >= 15 is 0 Å². The second-order valence-corrected chi connectivity index (χ2v) is 4.20. The molecule has 1 rings (SSSR count). The Labute approximate surface area is 82.9 Å². The van der Waals surface area contributed by atoms with Crippen molar-refractivity contribution >= 4 is 23.1 Å². The molecule has 0 spiro atoms. The molecule has 1 aromatic heterocycles. The molecule has 0 aromatic carbocycles. The molecule has 1 nitrogen and oxygen atoms in total. The van der Waals surface area contributed by atoms with Gasteiger partial charge in [0.1, 0.15) is 0 Å². The average Bonchev–Trinajstić information content (AvgIpc) is 2.45. The summed E-state index contributed by atoms with van der Waals surface area (Å²) in [5.41, 5.74) is 1.15. The van der Waals surface area contributed by atoms with Crippen LogP contribution in [0.1, 0.15) is 29.8 Å². The maximum Gasteiger partial charge on any atom is 0.0514 e. The summed E-state index contributed by atoms with van der Waals surface area (Å²) in [5, 5.41) is 0. The Balaban J connectivity index is 2.15. The van der Waals surface area contributed by atoms with Gasteiger partial charge in [-0.3, -0.25) is 0 Å². The molecule has 0 atom stereocenters. The number of aromatic nitrogens is 1. The first-order chi connectivity index (χ1) is 5.83. The predicted octanol–water partition coefficient (Wildman–Crippen LogP) is 3.40. The van der Waals surface area contributed by atoms with Crippen LogP contribution in [0.5, 0.6) is 0 Å². The van der Waals surface area contributed by atoms with Crippen molar-refractivity contribution in [3.8, 4) is 0 Å². The Morgan fingerprint density at radius 2 is 2.25 bits per heavy atom. The fraction of sp³-hybridized carbons (Fsp3) is 0.667. The molecular weight excluding hydrogens is 190 g/mol. The number of alkyl halides is 1. The van der Waals surface area contributed by atoms with Crippen molar-refractivity contribution in [1.82, 2.24) is 4.37 Å². The zero-order valence-corrected chi connectivity index (χ0v) is 8.92. The Bertz CT molecular complexity index is 222. The summed E-state index contributed by atoms with van der Waals surface area (Å²) in [6.07, 6.45) is 4.79. The fourth-order valence-electron chi connectivity index (χ4n) is 1.10. The smallest absolute Gasteiger partial charge is 0.0514 e. The zero-order chi connectivity index (χ0) is 8.81. The van der Waals surface area contributed by atoms with Crippen molar-refractivity contribution in [2.75, 3.05) is 5.88 Å². The lowest BCUT2D eigenvalue weighted by Gasteiger charge is -1.94. The molecule has 0 unspecified atom stereocenters. The van der Waals surface area contributed by atoms with Crippen LogP contribution >= 0.6 is 23.1 Å². The van der Waals surface area contributed by atoms with E-state index in [0.717, 1.165) is 18.0 Å². The van der Waals surface area contributed by atoms with Crippen molar-refractivity contribution in [2.24, 2.45) is 0 Å². The van der Waals surface area contributed by atoms with Gasteiger partial charge in [0.05, 0.1) is 5.69 Å². The van der Waals surface area contributed by atoms with Gasteiger partial charge in [-0.05, 0) is 43.8 Å². The maximum atomic E-state index is 5.58. The molecule has 0 aliphatic carbocycles. The van der Waals surface area contributed by atoms with Gasteiger partial charge in [0.25, 0.3) is 0 Å². The lowest BCUT2D eigenvalue weighted by molar-refractivity contribution is 0.726. The molecule has 0 N–H and O–H groups in total. The van der Waals surface area contributed by atoms with Crippen LogP contribution in [-0.2, 0) is 6.42 Å². The molecule has 0 bridgehead atoms. The van der Waals surface area contributed by atoms with Gasteiger partial charge in [0, 0.05) is 10.8 Å². The summed E-state index contributed by atoms with van der Waals surface area (Å²) in [4.78, 5) is 1.40. The van der Waals surface area contributed by atoms with Crippen molar-refractivity contribution < 1.29 is 0 Å². The highest BCUT2D eigenvalue weighted by molar-refractivity contribution is 7.05. The van der Waals surface area contributed by atoms with Gasteiger partial charge in [-0.2, -0.15) is 4.37 Å². The summed E-state index contributed by atoms with van der Waals surface area (Å²) >= 11 is 7.20. The van der Waals surface area contributed by atoms with Crippen LogP contribution in [-0.4, -0.2) is 10.3 Å². The summed E-state index contributed by atoms with van der Waals surface area (Å²) in [6.45, 7) is 2.04. The first kappa shape index (κ1) is 10.0. The minimum absolute atomic E-state index is 0.793. The minimum atomic E-state index is 0.793. The second-order valence-electron chi connectivity index (χ2n) is 2.93. The van der Waals surface area contributed by atoms with Crippen LogP contribution in [0, 0.1) is 6.92 Å². The van der Waals surface area contributed by atoms with Crippen molar-refractivity contribution in [3.63, 3.8) is 0 Å². The minimum Gasteiger partial charge on any atom is -0.198 e. The number of unbranched alkanes of at least 4 members (excludes halogenated alkanes) is 2. The lowest BCUT2D eigenvalue weighted by atomic mass is 10.2. The number of rotatable bonds is 5. The third-order valence-corrected chi connectivity index (χ3v) is 2.94. The van der Waals surface area contributed by atoms with Gasteiger partial charge in [-0.1, -0.05) is 6.42 Å². The molecule has 0 saturated heterocycles. The Hall–Kier alpha value is -0.0800. The van der Waals surface area contributed by atoms with E-state index in [0.29, 0.717) is 0 Å². The third-order valence-electron chi connectivity index (χ3n) is 1.73. The molecule has 68 valence electrons. The zero-order valence-electron chi connectivity index (χ0n) is 7.35. The van der Waals surface area contributed by atoms with Gasteiger partial charge in [0.2, 0.25) is 0 Å². The van der Waals surface area contributed by atoms with E-state index in [-0.39, 0.29) is 0 Å². The van der Waals surface area contributed by atoms with Crippen LogP contribution in [0.25, 0.3) is 0 Å². The number of nitrogens with zero attached hydrogens (tertiary/aromatic N) is 1. The third kappa shape index (κ3) is 3.55. The Kier molecular flexibility index (Phi) is 4.62. The Morgan fingerprint density at radius 1 is 1.42 bits per heavy atom. The predicted molar refractivity (Wildman–Crippen MR) is 55.1 cm³/mol. The van der Waals surface area contributed by atoms with Crippen molar-refractivity contribution in [2.45, 2.75) is 32.6 Å². The largest absolute Gasteiger partial charge is 0.198 e. The van der Waals surface area contributed by atoms with Crippen LogP contribution < -0.4 is 0 Å². The van der Waals surface area contributed by atoms with Gasteiger partial charge in [-0.15, -0.1) is 11.6 Å². The molecular formula is C9H14ClNS. The van der Waals surface area contributed by atoms with Crippen molar-refractivity contribution in [1.29, 1.82) is 0 Å². The standard InChI is InChI=1S/C9H14ClNS/c1-8-7-9(12-11-8)5-3-2-4-6-10/h7H,2-6H2,1H3. The fourth-order valence-corrected chi connectivity index (χ4v) is 2.07. The SMILES string of the molecule is Cc1cc(CCCCCCl)sn1. The molecule has 0 radical (unpaired) electrons. The highest BCUT2D eigenvalue weighted by Crippen LogP contribution is 2.13.